The van der Waals surface area contributed by atoms with E-state index in [1.165, 1.54) is 12.7 Å². The topological polar surface area (TPSA) is 67.9 Å². The van der Waals surface area contributed by atoms with E-state index in [2.05, 4.69) is 33.7 Å². The van der Waals surface area contributed by atoms with E-state index in [4.69, 9.17) is 5.73 Å². The van der Waals surface area contributed by atoms with Crippen molar-refractivity contribution < 1.29 is 0 Å². The van der Waals surface area contributed by atoms with E-state index in [-0.39, 0.29) is 0 Å². The summed E-state index contributed by atoms with van der Waals surface area (Å²) in [6.07, 6.45) is 2.75. The fraction of sp³-hybridized carbons (Fsp3) is 0.700. The van der Waals surface area contributed by atoms with Crippen LogP contribution < -0.4 is 10.6 Å². The van der Waals surface area contributed by atoms with Gasteiger partial charge in [-0.3, -0.25) is 0 Å². The highest BCUT2D eigenvalue weighted by atomic mass is 15.3. The van der Waals surface area contributed by atoms with Crippen LogP contribution in [-0.4, -0.2) is 28.0 Å². The molecule has 1 saturated heterocycles. The highest BCUT2D eigenvalue weighted by molar-refractivity contribution is 5.33. The molecule has 1 aromatic heterocycles. The Morgan fingerprint density at radius 3 is 2.53 bits per heavy atom. The Bertz CT molecular complexity index is 330. The van der Waals surface area contributed by atoms with Crippen molar-refractivity contribution in [3.63, 3.8) is 0 Å². The normalized spacial score (nSPS) is 26.7. The van der Waals surface area contributed by atoms with Gasteiger partial charge >= 0.3 is 0 Å². The molecule has 5 nitrogen and oxygen atoms in total. The third kappa shape index (κ3) is 2.34. The minimum Gasteiger partial charge on any atom is -0.368 e. The van der Waals surface area contributed by atoms with E-state index in [1.54, 1.807) is 0 Å². The smallest absolute Gasteiger partial charge is 0.230 e. The van der Waals surface area contributed by atoms with Crippen molar-refractivity contribution in [1.29, 1.82) is 0 Å². The van der Waals surface area contributed by atoms with Crippen molar-refractivity contribution in [2.75, 3.05) is 23.7 Å². The molecule has 1 aromatic rings. The summed E-state index contributed by atoms with van der Waals surface area (Å²) in [7, 11) is 0. The van der Waals surface area contributed by atoms with Crippen LogP contribution >= 0.6 is 0 Å². The van der Waals surface area contributed by atoms with E-state index < -0.39 is 0 Å². The number of piperidine rings is 1. The summed E-state index contributed by atoms with van der Waals surface area (Å²) in [4.78, 5) is 14.3. The summed E-state index contributed by atoms with van der Waals surface area (Å²) in [6, 6.07) is 0. The number of nitrogen functional groups attached to an aromatic ring is 1. The van der Waals surface area contributed by atoms with E-state index in [0.29, 0.717) is 23.7 Å². The number of nitrogens with zero attached hydrogens (tertiary/aromatic N) is 4. The standard InChI is InChI=1S/C10H17N5/c1-7-3-8(2)5-15(4-7)10-13-6-12-9(11)14-10/h6-8H,3-5H2,1-2H3,(H2,11,12,13,14)/t7-,8-/m0/s1. The zero-order valence-corrected chi connectivity index (χ0v) is 9.22. The Balaban J connectivity index is 2.16. The lowest BCUT2D eigenvalue weighted by Gasteiger charge is -2.34. The van der Waals surface area contributed by atoms with Gasteiger partial charge in [-0.1, -0.05) is 13.8 Å². The Kier molecular flexibility index (Phi) is 2.70. The van der Waals surface area contributed by atoms with Crippen molar-refractivity contribution in [2.45, 2.75) is 20.3 Å². The van der Waals surface area contributed by atoms with Gasteiger partial charge in [0.1, 0.15) is 6.33 Å². The predicted octanol–water partition coefficient (Wildman–Crippen LogP) is 0.936. The number of hydrogen-bond acceptors (Lipinski definition) is 5. The molecule has 2 rings (SSSR count). The molecular formula is C10H17N5. The summed E-state index contributed by atoms with van der Waals surface area (Å²) in [5.74, 6) is 2.38. The van der Waals surface area contributed by atoms with Crippen LogP contribution in [0.25, 0.3) is 0 Å². The molecule has 1 fully saturated rings. The summed E-state index contributed by atoms with van der Waals surface area (Å²) >= 11 is 0. The largest absolute Gasteiger partial charge is 0.368 e. The first kappa shape index (κ1) is 10.1. The van der Waals surface area contributed by atoms with Crippen LogP contribution in [0.3, 0.4) is 0 Å². The maximum atomic E-state index is 5.55. The van der Waals surface area contributed by atoms with Crippen LogP contribution in [-0.2, 0) is 0 Å². The van der Waals surface area contributed by atoms with Gasteiger partial charge in [0, 0.05) is 13.1 Å². The minimum atomic E-state index is 0.297. The lowest BCUT2D eigenvalue weighted by atomic mass is 9.92. The SMILES string of the molecule is C[C@H]1C[C@H](C)CN(c2ncnc(N)n2)C1. The first-order chi connectivity index (χ1) is 7.15. The maximum absolute atomic E-state index is 5.55. The van der Waals surface area contributed by atoms with Gasteiger partial charge in [-0.05, 0) is 18.3 Å². The highest BCUT2D eigenvalue weighted by Crippen LogP contribution is 2.23. The van der Waals surface area contributed by atoms with Crippen molar-refractivity contribution in [3.05, 3.63) is 6.33 Å². The summed E-state index contributed by atoms with van der Waals surface area (Å²) in [6.45, 7) is 6.53. The van der Waals surface area contributed by atoms with Gasteiger partial charge < -0.3 is 10.6 Å². The molecule has 2 heterocycles. The summed E-state index contributed by atoms with van der Waals surface area (Å²) < 4.78 is 0. The molecule has 2 N–H and O–H groups in total. The van der Waals surface area contributed by atoms with Crippen molar-refractivity contribution in [3.8, 4) is 0 Å². The Labute approximate surface area is 89.7 Å². The molecule has 2 atom stereocenters. The molecule has 1 aliphatic heterocycles. The van der Waals surface area contributed by atoms with Crippen LogP contribution in [0, 0.1) is 11.8 Å². The Hall–Kier alpha value is -1.39. The second-order valence-electron chi connectivity index (χ2n) is 4.49. The summed E-state index contributed by atoms with van der Waals surface area (Å²) in [5.41, 5.74) is 5.55. The highest BCUT2D eigenvalue weighted by Gasteiger charge is 2.23. The van der Waals surface area contributed by atoms with Crippen LogP contribution in [0.1, 0.15) is 20.3 Å². The molecule has 0 unspecified atom stereocenters. The quantitative estimate of drug-likeness (QED) is 0.742. The van der Waals surface area contributed by atoms with Crippen molar-refractivity contribution in [1.82, 2.24) is 15.0 Å². The van der Waals surface area contributed by atoms with E-state index in [9.17, 15) is 0 Å². The molecule has 0 bridgehead atoms. The third-order valence-corrected chi connectivity index (χ3v) is 2.73. The number of rotatable bonds is 1. The zero-order valence-electron chi connectivity index (χ0n) is 9.22. The van der Waals surface area contributed by atoms with Crippen LogP contribution in [0.2, 0.25) is 0 Å². The van der Waals surface area contributed by atoms with Crippen molar-refractivity contribution >= 4 is 11.9 Å². The van der Waals surface area contributed by atoms with Crippen LogP contribution in [0.15, 0.2) is 6.33 Å². The molecule has 5 heteroatoms. The van der Waals surface area contributed by atoms with Crippen LogP contribution in [0.5, 0.6) is 0 Å². The Morgan fingerprint density at radius 2 is 1.93 bits per heavy atom. The number of anilines is 2. The molecule has 0 radical (unpaired) electrons. The molecule has 0 amide bonds. The lowest BCUT2D eigenvalue weighted by Crippen LogP contribution is -2.39. The molecule has 15 heavy (non-hydrogen) atoms. The average Bonchev–Trinajstić information content (AvgIpc) is 2.16. The van der Waals surface area contributed by atoms with Gasteiger partial charge in [-0.15, -0.1) is 0 Å². The number of hydrogen-bond donors (Lipinski definition) is 1. The first-order valence-corrected chi connectivity index (χ1v) is 5.34. The first-order valence-electron chi connectivity index (χ1n) is 5.34. The van der Waals surface area contributed by atoms with E-state index >= 15 is 0 Å². The fourth-order valence-corrected chi connectivity index (χ4v) is 2.28. The van der Waals surface area contributed by atoms with E-state index in [0.717, 1.165) is 13.1 Å². The monoisotopic (exact) mass is 207 g/mol. The molecule has 0 saturated carbocycles. The number of nitrogens with two attached hydrogens (primary N) is 1. The van der Waals surface area contributed by atoms with Gasteiger partial charge in [-0.25, -0.2) is 9.97 Å². The maximum Gasteiger partial charge on any atom is 0.230 e. The van der Waals surface area contributed by atoms with Gasteiger partial charge in [0.15, 0.2) is 0 Å². The van der Waals surface area contributed by atoms with Gasteiger partial charge in [0.2, 0.25) is 11.9 Å². The lowest BCUT2D eigenvalue weighted by molar-refractivity contribution is 0.353. The second-order valence-corrected chi connectivity index (χ2v) is 4.49. The van der Waals surface area contributed by atoms with Crippen LogP contribution in [0.4, 0.5) is 11.9 Å². The van der Waals surface area contributed by atoms with E-state index in [1.807, 2.05) is 0 Å². The third-order valence-electron chi connectivity index (χ3n) is 2.73. The number of aromatic nitrogens is 3. The summed E-state index contributed by atoms with van der Waals surface area (Å²) in [5, 5.41) is 0. The van der Waals surface area contributed by atoms with Crippen molar-refractivity contribution in [2.24, 2.45) is 11.8 Å². The molecule has 0 spiro atoms. The van der Waals surface area contributed by atoms with Gasteiger partial charge in [0.25, 0.3) is 0 Å². The molecule has 1 aliphatic rings. The molecule has 82 valence electrons. The molecular weight excluding hydrogens is 190 g/mol. The predicted molar refractivity (Wildman–Crippen MR) is 59.4 cm³/mol. The van der Waals surface area contributed by atoms with Gasteiger partial charge in [-0.2, -0.15) is 4.98 Å². The molecule has 0 aliphatic carbocycles. The van der Waals surface area contributed by atoms with Gasteiger partial charge in [0.05, 0.1) is 0 Å². The molecule has 0 aromatic carbocycles. The minimum absolute atomic E-state index is 0.297. The second kappa shape index (κ2) is 4.00. The fourth-order valence-electron chi connectivity index (χ4n) is 2.28. The Morgan fingerprint density at radius 1 is 1.27 bits per heavy atom. The zero-order chi connectivity index (χ0) is 10.8. The average molecular weight is 207 g/mol.